The summed E-state index contributed by atoms with van der Waals surface area (Å²) < 4.78 is 11.9. The Morgan fingerprint density at radius 3 is 2.10 bits per heavy atom. The highest BCUT2D eigenvalue weighted by molar-refractivity contribution is 7.26. The van der Waals surface area contributed by atoms with E-state index in [1.807, 2.05) is 11.3 Å². The third-order valence-electron chi connectivity index (χ3n) is 13.8. The zero-order valence-corrected chi connectivity index (χ0v) is 35.9. The van der Waals surface area contributed by atoms with Gasteiger partial charge >= 0.3 is 0 Å². The van der Waals surface area contributed by atoms with Crippen molar-refractivity contribution in [1.29, 1.82) is 0 Å². The maximum atomic E-state index is 6.87. The molecule has 0 amide bonds. The third kappa shape index (κ3) is 5.61. The minimum absolute atomic E-state index is 0.0690. The Bertz CT molecular complexity index is 3890. The number of aromatic nitrogens is 1. The second-order valence-electron chi connectivity index (χ2n) is 17.4. The number of benzene rings is 9. The highest BCUT2D eigenvalue weighted by Gasteiger charge is 2.32. The molecule has 0 bridgehead atoms. The van der Waals surface area contributed by atoms with Gasteiger partial charge in [0.2, 0.25) is 0 Å². The molecule has 0 saturated heterocycles. The molecule has 0 fully saturated rings. The van der Waals surface area contributed by atoms with E-state index >= 15 is 0 Å². The van der Waals surface area contributed by atoms with Crippen molar-refractivity contribution in [2.45, 2.75) is 26.3 Å². The van der Waals surface area contributed by atoms with Gasteiger partial charge in [0.15, 0.2) is 0 Å². The number of allylic oxidation sites excluding steroid dienone is 1. The van der Waals surface area contributed by atoms with Gasteiger partial charge in [0, 0.05) is 70.9 Å². The molecular formula is C59H42N2OS. The molecular weight excluding hydrogens is 785 g/mol. The molecule has 3 nitrogen and oxygen atoms in total. The Kier molecular flexibility index (Phi) is 8.16. The van der Waals surface area contributed by atoms with Crippen LogP contribution in [0, 0.1) is 11.8 Å². The lowest BCUT2D eigenvalue weighted by molar-refractivity contribution is 0.573. The highest BCUT2D eigenvalue weighted by atomic mass is 32.1. The van der Waals surface area contributed by atoms with Crippen LogP contribution in [0.15, 0.2) is 197 Å². The molecule has 4 heterocycles. The number of aliphatic imine (C=N–C) groups is 1. The Labute approximate surface area is 368 Å². The molecule has 0 aliphatic carbocycles. The van der Waals surface area contributed by atoms with E-state index in [9.17, 15) is 0 Å². The normalized spacial score (nSPS) is 18.2. The van der Waals surface area contributed by atoms with Crippen LogP contribution in [0.25, 0.3) is 96.7 Å². The minimum atomic E-state index is -0.166. The lowest BCUT2D eigenvalue weighted by Gasteiger charge is -2.30. The minimum Gasteiger partial charge on any atom is -0.456 e. The topological polar surface area (TPSA) is 30.4 Å². The number of para-hydroxylation sites is 2. The number of rotatable bonds is 4. The number of hydrogen-bond acceptors (Lipinski definition) is 3. The first-order valence-corrected chi connectivity index (χ1v) is 22.9. The van der Waals surface area contributed by atoms with Crippen molar-refractivity contribution in [1.82, 2.24) is 4.57 Å². The smallest absolute Gasteiger partial charge is 0.138 e. The van der Waals surface area contributed by atoms with Crippen LogP contribution in [0.2, 0.25) is 0 Å². The monoisotopic (exact) mass is 826 g/mol. The largest absolute Gasteiger partial charge is 0.456 e. The van der Waals surface area contributed by atoms with Crippen molar-refractivity contribution in [3.63, 3.8) is 0 Å². The van der Waals surface area contributed by atoms with Crippen LogP contribution >= 0.6 is 11.3 Å². The number of fused-ring (bicyclic) bond motifs is 11. The molecule has 1 aliphatic rings. The fraction of sp³-hybridized carbons (Fsp3) is 0.102. The number of furan rings is 1. The summed E-state index contributed by atoms with van der Waals surface area (Å²) in [6.07, 6.45) is 3.39. The predicted octanol–water partition coefficient (Wildman–Crippen LogP) is 16.6. The fourth-order valence-corrected chi connectivity index (χ4v) is 12.0. The lowest BCUT2D eigenvalue weighted by Crippen LogP contribution is -2.21. The zero-order valence-electron chi connectivity index (χ0n) is 35.0. The van der Waals surface area contributed by atoms with Crippen LogP contribution in [-0.2, 0) is 0 Å². The van der Waals surface area contributed by atoms with E-state index in [-0.39, 0.29) is 17.9 Å². The lowest BCUT2D eigenvalue weighted by atomic mass is 9.79. The van der Waals surface area contributed by atoms with Crippen molar-refractivity contribution >= 4 is 108 Å². The molecule has 0 N–H and O–H groups in total. The summed E-state index contributed by atoms with van der Waals surface area (Å²) in [6, 6.07) is 66.5. The summed E-state index contributed by atoms with van der Waals surface area (Å²) in [7, 11) is 0. The average Bonchev–Trinajstić information content (AvgIpc) is 4.00. The second kappa shape index (κ2) is 14.1. The molecule has 3 unspecified atom stereocenters. The van der Waals surface area contributed by atoms with E-state index in [4.69, 9.17) is 9.41 Å². The summed E-state index contributed by atoms with van der Waals surface area (Å²) in [5, 5.41) is 12.3. The van der Waals surface area contributed by atoms with Crippen molar-refractivity contribution in [2.24, 2.45) is 16.8 Å². The van der Waals surface area contributed by atoms with Gasteiger partial charge in [-0.1, -0.05) is 159 Å². The van der Waals surface area contributed by atoms with Crippen LogP contribution in [-0.4, -0.2) is 10.3 Å². The number of hydrogen-bond donors (Lipinski definition) is 0. The molecule has 3 aromatic heterocycles. The molecule has 0 saturated carbocycles. The Hall–Kier alpha value is -7.27. The molecule has 0 radical (unpaired) electrons. The summed E-state index contributed by atoms with van der Waals surface area (Å²) in [4.78, 5) is 6.17. The van der Waals surface area contributed by atoms with E-state index in [1.165, 1.54) is 80.2 Å². The first kappa shape index (κ1) is 36.4. The van der Waals surface area contributed by atoms with Gasteiger partial charge in [-0.3, -0.25) is 4.99 Å². The summed E-state index contributed by atoms with van der Waals surface area (Å²) in [6.45, 7) is 4.78. The maximum Gasteiger partial charge on any atom is 0.138 e. The Balaban J connectivity index is 1.10. The molecule has 300 valence electrons. The van der Waals surface area contributed by atoms with Gasteiger partial charge in [-0.25, -0.2) is 0 Å². The van der Waals surface area contributed by atoms with Crippen LogP contribution in [0.1, 0.15) is 43.0 Å². The van der Waals surface area contributed by atoms with Gasteiger partial charge < -0.3 is 8.98 Å². The van der Waals surface area contributed by atoms with Crippen molar-refractivity contribution in [3.8, 4) is 5.69 Å². The van der Waals surface area contributed by atoms with E-state index in [1.54, 1.807) is 0 Å². The van der Waals surface area contributed by atoms with Crippen LogP contribution in [0.5, 0.6) is 0 Å². The fourth-order valence-electron chi connectivity index (χ4n) is 10.8. The first-order chi connectivity index (χ1) is 31.1. The maximum absolute atomic E-state index is 6.87. The number of nitrogens with zero attached hydrogens (tertiary/aromatic N) is 2. The molecule has 4 heteroatoms. The van der Waals surface area contributed by atoms with Crippen LogP contribution in [0.3, 0.4) is 0 Å². The number of thiophene rings is 1. The predicted molar refractivity (Wildman–Crippen MR) is 269 cm³/mol. The Morgan fingerprint density at radius 2 is 1.22 bits per heavy atom. The summed E-state index contributed by atoms with van der Waals surface area (Å²) in [5.41, 5.74) is 11.3. The average molecular weight is 827 g/mol. The quantitative estimate of drug-likeness (QED) is 0.174. The third-order valence-corrected chi connectivity index (χ3v) is 15.0. The zero-order chi connectivity index (χ0) is 41.8. The standard InChI is InChI=1S/C59H42N2OS/c1-35-29-30-41(43-23-13-18-37-15-5-6-19-42(37)43)36(2)58(48-25-14-24-46-45-21-9-12-28-55(45)63-59(46)48)60-57(35)50-33-40(34-54-56(50)47-22-8-11-27-53(47)62-54)61-51-26-10-7-20-44(51)49-31-38-16-3-4-17-39(38)32-52(49)61/h3-28,30-36,58H,29H2,1-2H3/b41-30-,60-57?. The molecule has 9 aromatic carbocycles. The van der Waals surface area contributed by atoms with Crippen molar-refractivity contribution < 1.29 is 4.42 Å². The van der Waals surface area contributed by atoms with Gasteiger partial charge in [0.25, 0.3) is 0 Å². The molecule has 63 heavy (non-hydrogen) atoms. The molecule has 12 aromatic rings. The van der Waals surface area contributed by atoms with Gasteiger partial charge in [-0.05, 0) is 81.1 Å². The molecule has 1 aliphatic heterocycles. The summed E-state index contributed by atoms with van der Waals surface area (Å²) in [5.74, 6) is 0.167. The summed E-state index contributed by atoms with van der Waals surface area (Å²) >= 11 is 1.90. The van der Waals surface area contributed by atoms with E-state index in [0.717, 1.165) is 45.3 Å². The van der Waals surface area contributed by atoms with Crippen molar-refractivity contribution in [3.05, 3.63) is 205 Å². The van der Waals surface area contributed by atoms with Gasteiger partial charge in [0.1, 0.15) is 11.2 Å². The second-order valence-corrected chi connectivity index (χ2v) is 18.5. The van der Waals surface area contributed by atoms with E-state index in [2.05, 4.69) is 206 Å². The first-order valence-electron chi connectivity index (χ1n) is 22.1. The van der Waals surface area contributed by atoms with Crippen LogP contribution < -0.4 is 0 Å². The van der Waals surface area contributed by atoms with E-state index in [0.29, 0.717) is 0 Å². The highest BCUT2D eigenvalue weighted by Crippen LogP contribution is 2.47. The van der Waals surface area contributed by atoms with Gasteiger partial charge in [0.05, 0.1) is 22.8 Å². The van der Waals surface area contributed by atoms with Crippen molar-refractivity contribution in [2.75, 3.05) is 0 Å². The van der Waals surface area contributed by atoms with E-state index < -0.39 is 0 Å². The van der Waals surface area contributed by atoms with Gasteiger partial charge in [-0.2, -0.15) is 0 Å². The molecule has 13 rings (SSSR count). The molecule has 0 spiro atoms. The SMILES string of the molecule is CC1C/C=C(\c2cccc3ccccc23)C(C)C(c2cccc3c2sc2ccccc23)N=C1c1cc(-n2c3ccccc3c3cc4ccccc4cc32)cc2oc3ccccc3c12. The molecule has 3 atom stereocenters. The van der Waals surface area contributed by atoms with Gasteiger partial charge in [-0.15, -0.1) is 11.3 Å². The van der Waals surface area contributed by atoms with Crippen LogP contribution in [0.4, 0.5) is 0 Å². The Morgan fingerprint density at radius 1 is 0.540 bits per heavy atom.